The molecule has 2 fully saturated rings. The Balaban J connectivity index is 1.44. The lowest BCUT2D eigenvalue weighted by molar-refractivity contribution is -0.164. The van der Waals surface area contributed by atoms with Gasteiger partial charge in [0.1, 0.15) is 11.9 Å². The van der Waals surface area contributed by atoms with Crippen molar-refractivity contribution in [1.82, 2.24) is 15.3 Å². The first-order valence-corrected chi connectivity index (χ1v) is 13.4. The molecule has 8 nitrogen and oxygen atoms in total. The van der Waals surface area contributed by atoms with Gasteiger partial charge in [-0.2, -0.15) is 5.26 Å². The largest absolute Gasteiger partial charge is 0.489 e. The highest BCUT2D eigenvalue weighted by atomic mass is 16.5. The van der Waals surface area contributed by atoms with E-state index in [0.717, 1.165) is 36.4 Å². The summed E-state index contributed by atoms with van der Waals surface area (Å²) < 4.78 is 6.52. The van der Waals surface area contributed by atoms with E-state index in [9.17, 15) is 15.2 Å². The number of nitriles is 1. The van der Waals surface area contributed by atoms with Gasteiger partial charge in [-0.25, -0.2) is 9.97 Å². The summed E-state index contributed by atoms with van der Waals surface area (Å²) >= 11 is 0. The van der Waals surface area contributed by atoms with Crippen LogP contribution in [-0.2, 0) is 0 Å². The Bertz CT molecular complexity index is 1230. The first-order chi connectivity index (χ1) is 17.7. The maximum Gasteiger partial charge on any atom is 0.254 e. The van der Waals surface area contributed by atoms with E-state index in [1.807, 2.05) is 19.9 Å². The van der Waals surface area contributed by atoms with E-state index in [0.29, 0.717) is 17.1 Å². The molecule has 38 heavy (non-hydrogen) atoms. The number of benzene rings is 1. The number of nitrogens with one attached hydrogen (secondary N) is 1. The molecule has 8 heteroatoms. The molecule has 4 rings (SSSR count). The summed E-state index contributed by atoms with van der Waals surface area (Å²) in [6.07, 6.45) is 3.94. The lowest BCUT2D eigenvalue weighted by Gasteiger charge is -2.63. The fourth-order valence-electron chi connectivity index (χ4n) is 6.70. The Kier molecular flexibility index (Phi) is 7.22. The third-order valence-electron chi connectivity index (χ3n) is 9.07. The molecule has 1 saturated heterocycles. The molecule has 2 aliphatic rings. The number of amides is 1. The van der Waals surface area contributed by atoms with Crippen LogP contribution in [0.2, 0.25) is 0 Å². The second-order valence-electron chi connectivity index (χ2n) is 12.9. The molecule has 1 aliphatic heterocycles. The molecule has 2 N–H and O–H groups in total. The van der Waals surface area contributed by atoms with E-state index >= 15 is 0 Å². The SMILES string of the molecule is Cc1c(C#N)ccc(OC2C(C)(C)C(NC(=O)c3cnc(N4CC[C@H](CO)C(C)(C)C4)nc3)C2(C)C)c1C. The molecule has 0 unspecified atom stereocenters. The predicted octanol–water partition coefficient (Wildman–Crippen LogP) is 4.42. The number of carbonyl (C=O) groups is 1. The highest BCUT2D eigenvalue weighted by Gasteiger charge is 2.64. The van der Waals surface area contributed by atoms with Crippen LogP contribution in [-0.4, -0.2) is 52.8 Å². The van der Waals surface area contributed by atoms with Gasteiger partial charge in [0.2, 0.25) is 5.95 Å². The zero-order valence-corrected chi connectivity index (χ0v) is 23.9. The lowest BCUT2D eigenvalue weighted by Crippen LogP contribution is -2.74. The summed E-state index contributed by atoms with van der Waals surface area (Å²) in [6.45, 7) is 18.4. The van der Waals surface area contributed by atoms with Crippen LogP contribution in [0.25, 0.3) is 0 Å². The number of nitrogens with zero attached hydrogens (tertiary/aromatic N) is 4. The number of hydrogen-bond acceptors (Lipinski definition) is 7. The monoisotopic (exact) mass is 519 g/mol. The molecule has 1 aromatic carbocycles. The minimum atomic E-state index is -0.323. The van der Waals surface area contributed by atoms with Crippen molar-refractivity contribution in [1.29, 1.82) is 5.26 Å². The van der Waals surface area contributed by atoms with Gasteiger partial charge in [0, 0.05) is 49.0 Å². The van der Waals surface area contributed by atoms with Crippen molar-refractivity contribution in [3.8, 4) is 11.8 Å². The molecule has 1 saturated carbocycles. The number of hydrogen-bond donors (Lipinski definition) is 2. The minimum Gasteiger partial charge on any atom is -0.489 e. The van der Waals surface area contributed by atoms with Crippen LogP contribution >= 0.6 is 0 Å². The van der Waals surface area contributed by atoms with E-state index in [1.54, 1.807) is 18.5 Å². The number of aromatic nitrogens is 2. The van der Waals surface area contributed by atoms with E-state index in [4.69, 9.17) is 4.74 Å². The number of aliphatic hydroxyl groups is 1. The quantitative estimate of drug-likeness (QED) is 0.581. The molecule has 1 amide bonds. The van der Waals surface area contributed by atoms with Crippen LogP contribution in [0, 0.1) is 47.3 Å². The molecule has 1 aromatic heterocycles. The smallest absolute Gasteiger partial charge is 0.254 e. The van der Waals surface area contributed by atoms with Crippen LogP contribution in [0.5, 0.6) is 5.75 Å². The molecule has 0 spiro atoms. The van der Waals surface area contributed by atoms with Crippen LogP contribution in [0.15, 0.2) is 24.5 Å². The van der Waals surface area contributed by atoms with E-state index < -0.39 is 0 Å². The van der Waals surface area contributed by atoms with Gasteiger partial charge < -0.3 is 20.1 Å². The lowest BCUT2D eigenvalue weighted by atomic mass is 9.49. The van der Waals surface area contributed by atoms with Crippen molar-refractivity contribution in [3.05, 3.63) is 46.8 Å². The Morgan fingerprint density at radius 1 is 1.13 bits per heavy atom. The summed E-state index contributed by atoms with van der Waals surface area (Å²) in [7, 11) is 0. The van der Waals surface area contributed by atoms with Crippen molar-refractivity contribution in [3.63, 3.8) is 0 Å². The predicted molar refractivity (Wildman–Crippen MR) is 147 cm³/mol. The topological polar surface area (TPSA) is 111 Å². The fourth-order valence-corrected chi connectivity index (χ4v) is 6.70. The molecule has 204 valence electrons. The number of carbonyl (C=O) groups excluding carboxylic acids is 1. The number of anilines is 1. The van der Waals surface area contributed by atoms with Gasteiger partial charge in [0.05, 0.1) is 17.2 Å². The molecular weight excluding hydrogens is 478 g/mol. The molecule has 0 bridgehead atoms. The zero-order valence-electron chi connectivity index (χ0n) is 23.9. The van der Waals surface area contributed by atoms with Gasteiger partial charge in [-0.3, -0.25) is 4.79 Å². The number of piperidine rings is 1. The maximum absolute atomic E-state index is 13.2. The van der Waals surface area contributed by atoms with E-state index in [1.165, 1.54) is 0 Å². The van der Waals surface area contributed by atoms with Crippen molar-refractivity contribution in [2.45, 2.75) is 74.0 Å². The highest BCUT2D eigenvalue weighted by Crippen LogP contribution is 2.55. The first kappa shape index (κ1) is 27.8. The molecule has 0 radical (unpaired) electrons. The molecular formula is C30H41N5O3. The fraction of sp³-hybridized carbons (Fsp3) is 0.600. The number of ether oxygens (including phenoxy) is 1. The summed E-state index contributed by atoms with van der Waals surface area (Å²) in [4.78, 5) is 24.4. The second-order valence-corrected chi connectivity index (χ2v) is 12.9. The Morgan fingerprint density at radius 3 is 2.32 bits per heavy atom. The van der Waals surface area contributed by atoms with Crippen molar-refractivity contribution in [2.24, 2.45) is 22.2 Å². The molecule has 1 aliphatic carbocycles. The number of rotatable bonds is 6. The van der Waals surface area contributed by atoms with Gasteiger partial charge in [-0.05, 0) is 54.9 Å². The minimum absolute atomic E-state index is 0.0403. The van der Waals surface area contributed by atoms with Crippen molar-refractivity contribution >= 4 is 11.9 Å². The third-order valence-corrected chi connectivity index (χ3v) is 9.07. The van der Waals surface area contributed by atoms with Gasteiger partial charge in [-0.1, -0.05) is 41.5 Å². The van der Waals surface area contributed by atoms with E-state index in [2.05, 4.69) is 67.8 Å². The van der Waals surface area contributed by atoms with Crippen molar-refractivity contribution < 1.29 is 14.6 Å². The standard InChI is InChI=1S/C30H41N5O3/c1-18-19(2)23(10-9-20(18)13-31)38-26-29(5,6)25(30(26,7)8)34-24(37)21-14-32-27(33-15-21)35-12-11-22(16-36)28(3,4)17-35/h9-10,14-15,22,25-26,36H,11-12,16-17H2,1-8H3,(H,34,37)/t22-,25?,26?/m1/s1. The van der Waals surface area contributed by atoms with E-state index in [-0.39, 0.29) is 46.8 Å². The van der Waals surface area contributed by atoms with Crippen LogP contribution in [0.3, 0.4) is 0 Å². The Labute approximate surface area is 226 Å². The average Bonchev–Trinajstić information content (AvgIpc) is 2.87. The van der Waals surface area contributed by atoms with Crippen LogP contribution < -0.4 is 15.0 Å². The van der Waals surface area contributed by atoms with Crippen molar-refractivity contribution in [2.75, 3.05) is 24.6 Å². The molecule has 1 atom stereocenters. The van der Waals surface area contributed by atoms with Gasteiger partial charge in [0.15, 0.2) is 0 Å². The normalized spacial score (nSPS) is 25.2. The average molecular weight is 520 g/mol. The maximum atomic E-state index is 13.2. The number of aliphatic hydroxyl groups excluding tert-OH is 1. The summed E-state index contributed by atoms with van der Waals surface area (Å²) in [6, 6.07) is 5.77. The first-order valence-electron chi connectivity index (χ1n) is 13.4. The highest BCUT2D eigenvalue weighted by molar-refractivity contribution is 5.94. The second kappa shape index (κ2) is 9.85. The van der Waals surface area contributed by atoms with Gasteiger partial charge in [0.25, 0.3) is 5.91 Å². The Morgan fingerprint density at radius 2 is 1.76 bits per heavy atom. The van der Waals surface area contributed by atoms with Crippen LogP contribution in [0.4, 0.5) is 5.95 Å². The zero-order chi connectivity index (χ0) is 28.0. The van der Waals surface area contributed by atoms with Gasteiger partial charge in [-0.15, -0.1) is 0 Å². The van der Waals surface area contributed by atoms with Gasteiger partial charge >= 0.3 is 0 Å². The molecule has 2 aromatic rings. The summed E-state index contributed by atoms with van der Waals surface area (Å²) in [5, 5.41) is 22.2. The summed E-state index contributed by atoms with van der Waals surface area (Å²) in [5.41, 5.74) is 2.28. The summed E-state index contributed by atoms with van der Waals surface area (Å²) in [5.74, 6) is 1.44. The third kappa shape index (κ3) is 4.73. The molecule has 2 heterocycles. The Hall–Kier alpha value is -3.18. The van der Waals surface area contributed by atoms with Crippen LogP contribution in [0.1, 0.15) is 75.0 Å².